The third-order valence-electron chi connectivity index (χ3n) is 3.69. The molecule has 0 saturated carbocycles. The highest BCUT2D eigenvalue weighted by atomic mass is 19.1. The summed E-state index contributed by atoms with van der Waals surface area (Å²) in [7, 11) is 0. The van der Waals surface area contributed by atoms with Gasteiger partial charge in [0, 0.05) is 24.2 Å². The van der Waals surface area contributed by atoms with E-state index in [9.17, 15) is 9.50 Å². The maximum atomic E-state index is 13.0. The van der Waals surface area contributed by atoms with E-state index in [-0.39, 0.29) is 5.82 Å². The van der Waals surface area contributed by atoms with E-state index in [1.54, 1.807) is 18.3 Å². The molecule has 1 atom stereocenters. The van der Waals surface area contributed by atoms with Gasteiger partial charge in [-0.3, -0.25) is 5.10 Å². The Bertz CT molecular complexity index is 740. The lowest BCUT2D eigenvalue weighted by Crippen LogP contribution is -2.21. The van der Waals surface area contributed by atoms with Crippen molar-refractivity contribution >= 4 is 0 Å². The number of nitrogens with one attached hydrogen (secondary N) is 2. The average molecular weight is 311 g/mol. The predicted octanol–water partition coefficient (Wildman–Crippen LogP) is 3.04. The lowest BCUT2D eigenvalue weighted by atomic mass is 10.1. The molecule has 0 aliphatic heterocycles. The standard InChI is InChI=1S/C18H18FN3O/c19-16-8-6-14(7-9-16)18-15(11-21-22-18)10-20-12-17(23)13-4-2-1-3-5-13/h1-9,11,17,20,23H,10,12H2,(H,21,22). The van der Waals surface area contributed by atoms with E-state index in [4.69, 9.17) is 0 Å². The smallest absolute Gasteiger partial charge is 0.123 e. The van der Waals surface area contributed by atoms with Gasteiger partial charge in [0.1, 0.15) is 5.82 Å². The Balaban J connectivity index is 1.61. The number of rotatable bonds is 6. The van der Waals surface area contributed by atoms with E-state index in [2.05, 4.69) is 15.5 Å². The zero-order valence-corrected chi connectivity index (χ0v) is 12.5. The SMILES string of the molecule is OC(CNCc1cn[nH]c1-c1ccc(F)cc1)c1ccccc1. The van der Waals surface area contributed by atoms with Crippen molar-refractivity contribution in [2.24, 2.45) is 0 Å². The van der Waals surface area contributed by atoms with Crippen LogP contribution in [0.2, 0.25) is 0 Å². The number of hydrogen-bond donors (Lipinski definition) is 3. The Morgan fingerprint density at radius 2 is 1.83 bits per heavy atom. The van der Waals surface area contributed by atoms with Crippen molar-refractivity contribution in [1.29, 1.82) is 0 Å². The van der Waals surface area contributed by atoms with Crippen molar-refractivity contribution in [3.8, 4) is 11.3 Å². The van der Waals surface area contributed by atoms with Crippen molar-refractivity contribution in [2.45, 2.75) is 12.6 Å². The van der Waals surface area contributed by atoms with Crippen LogP contribution >= 0.6 is 0 Å². The first-order valence-electron chi connectivity index (χ1n) is 7.46. The highest BCUT2D eigenvalue weighted by Gasteiger charge is 2.10. The number of aromatic nitrogens is 2. The molecule has 3 N–H and O–H groups in total. The molecule has 4 nitrogen and oxygen atoms in total. The number of aliphatic hydroxyl groups is 1. The van der Waals surface area contributed by atoms with Crippen LogP contribution in [0.1, 0.15) is 17.2 Å². The van der Waals surface area contributed by atoms with Gasteiger partial charge in [-0.05, 0) is 29.8 Å². The molecule has 0 radical (unpaired) electrons. The quantitative estimate of drug-likeness (QED) is 0.656. The first-order chi connectivity index (χ1) is 11.2. The van der Waals surface area contributed by atoms with E-state index < -0.39 is 6.10 Å². The lowest BCUT2D eigenvalue weighted by molar-refractivity contribution is 0.174. The highest BCUT2D eigenvalue weighted by Crippen LogP contribution is 2.21. The minimum absolute atomic E-state index is 0.265. The van der Waals surface area contributed by atoms with Crippen molar-refractivity contribution in [2.75, 3.05) is 6.54 Å². The van der Waals surface area contributed by atoms with Crippen molar-refractivity contribution in [1.82, 2.24) is 15.5 Å². The summed E-state index contributed by atoms with van der Waals surface area (Å²) >= 11 is 0. The van der Waals surface area contributed by atoms with Gasteiger partial charge in [-0.2, -0.15) is 5.10 Å². The van der Waals surface area contributed by atoms with Crippen molar-refractivity contribution in [3.63, 3.8) is 0 Å². The number of hydrogen-bond acceptors (Lipinski definition) is 3. The molecule has 5 heteroatoms. The Hall–Kier alpha value is -2.50. The number of aliphatic hydroxyl groups excluding tert-OH is 1. The van der Waals surface area contributed by atoms with Gasteiger partial charge >= 0.3 is 0 Å². The van der Waals surface area contributed by atoms with E-state index >= 15 is 0 Å². The van der Waals surface area contributed by atoms with E-state index in [1.165, 1.54) is 12.1 Å². The lowest BCUT2D eigenvalue weighted by Gasteiger charge is -2.12. The maximum absolute atomic E-state index is 13.0. The molecule has 118 valence electrons. The average Bonchev–Trinajstić information content (AvgIpc) is 3.05. The van der Waals surface area contributed by atoms with Gasteiger partial charge in [-0.1, -0.05) is 30.3 Å². The van der Waals surface area contributed by atoms with Gasteiger partial charge in [0.2, 0.25) is 0 Å². The summed E-state index contributed by atoms with van der Waals surface area (Å²) < 4.78 is 13.0. The second-order valence-corrected chi connectivity index (χ2v) is 5.33. The molecule has 0 aliphatic carbocycles. The largest absolute Gasteiger partial charge is 0.387 e. The second kappa shape index (κ2) is 7.17. The van der Waals surface area contributed by atoms with Crippen LogP contribution in [0.4, 0.5) is 4.39 Å². The highest BCUT2D eigenvalue weighted by molar-refractivity contribution is 5.62. The van der Waals surface area contributed by atoms with Crippen molar-refractivity contribution < 1.29 is 9.50 Å². The maximum Gasteiger partial charge on any atom is 0.123 e. The number of halogens is 1. The van der Waals surface area contributed by atoms with Gasteiger partial charge in [-0.15, -0.1) is 0 Å². The molecule has 0 bridgehead atoms. The Morgan fingerprint density at radius 3 is 2.57 bits per heavy atom. The third-order valence-corrected chi connectivity index (χ3v) is 3.69. The van der Waals surface area contributed by atoms with Gasteiger partial charge < -0.3 is 10.4 Å². The molecular weight excluding hydrogens is 293 g/mol. The minimum atomic E-state index is -0.558. The van der Waals surface area contributed by atoms with Crippen LogP contribution < -0.4 is 5.32 Å². The zero-order valence-electron chi connectivity index (χ0n) is 12.5. The molecule has 0 aliphatic rings. The third kappa shape index (κ3) is 3.83. The van der Waals surface area contributed by atoms with E-state index in [0.717, 1.165) is 22.4 Å². The second-order valence-electron chi connectivity index (χ2n) is 5.33. The summed E-state index contributed by atoms with van der Waals surface area (Å²) in [4.78, 5) is 0. The Kier molecular flexibility index (Phi) is 4.80. The monoisotopic (exact) mass is 311 g/mol. The summed E-state index contributed by atoms with van der Waals surface area (Å²) in [5, 5.41) is 20.4. The van der Waals surface area contributed by atoms with Crippen LogP contribution in [0.15, 0.2) is 60.8 Å². The van der Waals surface area contributed by atoms with E-state index in [0.29, 0.717) is 13.1 Å². The fourth-order valence-electron chi connectivity index (χ4n) is 2.45. The summed E-state index contributed by atoms with van der Waals surface area (Å²) in [6, 6.07) is 15.8. The molecule has 0 saturated heterocycles. The molecule has 2 aromatic carbocycles. The van der Waals surface area contributed by atoms with Crippen LogP contribution in [0.3, 0.4) is 0 Å². The first kappa shape index (κ1) is 15.4. The summed E-state index contributed by atoms with van der Waals surface area (Å²) in [5.41, 5.74) is 3.58. The molecule has 0 amide bonds. The van der Waals surface area contributed by atoms with Crippen LogP contribution in [0.5, 0.6) is 0 Å². The number of H-pyrrole nitrogens is 1. The Morgan fingerprint density at radius 1 is 1.09 bits per heavy atom. The number of nitrogens with zero attached hydrogens (tertiary/aromatic N) is 1. The van der Waals surface area contributed by atoms with Gasteiger partial charge in [0.05, 0.1) is 18.0 Å². The van der Waals surface area contributed by atoms with Crippen LogP contribution in [-0.4, -0.2) is 21.8 Å². The van der Waals surface area contributed by atoms with Gasteiger partial charge in [0.15, 0.2) is 0 Å². The van der Waals surface area contributed by atoms with Crippen LogP contribution in [0, 0.1) is 5.82 Å². The molecule has 3 rings (SSSR count). The molecule has 0 spiro atoms. The van der Waals surface area contributed by atoms with Crippen LogP contribution in [0.25, 0.3) is 11.3 Å². The fourth-order valence-corrected chi connectivity index (χ4v) is 2.45. The molecule has 1 aromatic heterocycles. The van der Waals surface area contributed by atoms with E-state index in [1.807, 2.05) is 30.3 Å². The fraction of sp³-hybridized carbons (Fsp3) is 0.167. The minimum Gasteiger partial charge on any atom is -0.387 e. The molecule has 0 fully saturated rings. The first-order valence-corrected chi connectivity index (χ1v) is 7.46. The Labute approximate surface area is 134 Å². The topological polar surface area (TPSA) is 60.9 Å². The number of benzene rings is 2. The normalized spacial score (nSPS) is 12.3. The predicted molar refractivity (Wildman–Crippen MR) is 87.1 cm³/mol. The van der Waals surface area contributed by atoms with Crippen LogP contribution in [-0.2, 0) is 6.54 Å². The molecular formula is C18H18FN3O. The van der Waals surface area contributed by atoms with Crippen molar-refractivity contribution in [3.05, 3.63) is 77.7 Å². The zero-order chi connectivity index (χ0) is 16.1. The summed E-state index contributed by atoms with van der Waals surface area (Å²) in [5.74, 6) is -0.265. The van der Waals surface area contributed by atoms with Gasteiger partial charge in [0.25, 0.3) is 0 Å². The summed E-state index contributed by atoms with van der Waals surface area (Å²) in [6.07, 6.45) is 1.18. The van der Waals surface area contributed by atoms with Gasteiger partial charge in [-0.25, -0.2) is 4.39 Å². The molecule has 1 unspecified atom stereocenters. The molecule has 3 aromatic rings. The molecule has 23 heavy (non-hydrogen) atoms. The number of aromatic amines is 1. The summed E-state index contributed by atoms with van der Waals surface area (Å²) in [6.45, 7) is 1.01. The molecule has 1 heterocycles.